The van der Waals surface area contributed by atoms with E-state index >= 15 is 0 Å². The molecule has 0 saturated carbocycles. The molecule has 0 aliphatic carbocycles. The second kappa shape index (κ2) is 5.79. The van der Waals surface area contributed by atoms with E-state index in [4.69, 9.17) is 5.11 Å². The number of carboxylic acid groups (broad SMARTS) is 1. The van der Waals surface area contributed by atoms with Gasteiger partial charge in [0.2, 0.25) is 0 Å². The Balaban J connectivity index is 4.78. The SMILES string of the molecule is CC(C)OC(=O)OC(C(C)C)C(F)(F)C(=O)O. The zero-order chi connectivity index (χ0) is 13.8. The molecule has 7 heteroatoms. The molecule has 1 unspecified atom stereocenters. The number of halogens is 2. The normalized spacial score (nSPS) is 13.6. The maximum Gasteiger partial charge on any atom is 0.509 e. The third-order valence-electron chi connectivity index (χ3n) is 1.80. The van der Waals surface area contributed by atoms with E-state index in [1.165, 1.54) is 27.7 Å². The lowest BCUT2D eigenvalue weighted by molar-refractivity contribution is -0.189. The van der Waals surface area contributed by atoms with E-state index in [0.29, 0.717) is 0 Å². The fraction of sp³-hybridized carbons (Fsp3) is 0.800. The molecule has 0 aliphatic heterocycles. The van der Waals surface area contributed by atoms with Gasteiger partial charge in [0.15, 0.2) is 6.10 Å². The molecule has 0 rings (SSSR count). The Morgan fingerprint density at radius 2 is 1.59 bits per heavy atom. The highest BCUT2D eigenvalue weighted by Crippen LogP contribution is 2.27. The molecule has 0 amide bonds. The van der Waals surface area contributed by atoms with Crippen molar-refractivity contribution >= 4 is 12.1 Å². The Kier molecular flexibility index (Phi) is 5.31. The van der Waals surface area contributed by atoms with E-state index in [9.17, 15) is 18.4 Å². The minimum atomic E-state index is -4.15. The Labute approximate surface area is 97.7 Å². The molecule has 1 atom stereocenters. The number of hydrogen-bond acceptors (Lipinski definition) is 4. The summed E-state index contributed by atoms with van der Waals surface area (Å²) < 4.78 is 35.3. The van der Waals surface area contributed by atoms with Crippen molar-refractivity contribution in [1.82, 2.24) is 0 Å². The summed E-state index contributed by atoms with van der Waals surface area (Å²) in [6.07, 6.45) is -3.90. The first-order valence-electron chi connectivity index (χ1n) is 5.07. The molecule has 0 aromatic carbocycles. The van der Waals surface area contributed by atoms with Crippen LogP contribution in [-0.4, -0.2) is 35.4 Å². The number of alkyl halides is 2. The molecule has 5 nitrogen and oxygen atoms in total. The lowest BCUT2D eigenvalue weighted by Gasteiger charge is -2.26. The van der Waals surface area contributed by atoms with Crippen LogP contribution in [0.2, 0.25) is 0 Å². The largest absolute Gasteiger partial charge is 0.509 e. The van der Waals surface area contributed by atoms with Crippen molar-refractivity contribution in [3.63, 3.8) is 0 Å². The summed E-state index contributed by atoms with van der Waals surface area (Å²) in [5.74, 6) is -7.35. The lowest BCUT2D eigenvalue weighted by Crippen LogP contribution is -2.47. The van der Waals surface area contributed by atoms with Crippen molar-refractivity contribution in [2.24, 2.45) is 5.92 Å². The molecule has 0 bridgehead atoms. The zero-order valence-electron chi connectivity index (χ0n) is 10.1. The van der Waals surface area contributed by atoms with Gasteiger partial charge in [-0.25, -0.2) is 9.59 Å². The number of carboxylic acids is 1. The van der Waals surface area contributed by atoms with E-state index in [1.54, 1.807) is 0 Å². The molecule has 17 heavy (non-hydrogen) atoms. The van der Waals surface area contributed by atoms with E-state index in [0.717, 1.165) is 0 Å². The van der Waals surface area contributed by atoms with Gasteiger partial charge >= 0.3 is 18.0 Å². The quantitative estimate of drug-likeness (QED) is 0.762. The van der Waals surface area contributed by atoms with E-state index < -0.39 is 36.2 Å². The highest BCUT2D eigenvalue weighted by molar-refractivity contribution is 5.76. The monoisotopic (exact) mass is 254 g/mol. The van der Waals surface area contributed by atoms with Crippen LogP contribution in [0, 0.1) is 5.92 Å². The highest BCUT2D eigenvalue weighted by atomic mass is 19.3. The number of aliphatic carboxylic acids is 1. The molecule has 0 spiro atoms. The van der Waals surface area contributed by atoms with Gasteiger partial charge in [0.25, 0.3) is 0 Å². The van der Waals surface area contributed by atoms with Gasteiger partial charge in [-0.1, -0.05) is 13.8 Å². The molecule has 0 heterocycles. The first-order valence-corrected chi connectivity index (χ1v) is 5.07. The van der Waals surface area contributed by atoms with E-state index in [-0.39, 0.29) is 0 Å². The maximum atomic E-state index is 13.2. The first-order chi connectivity index (χ1) is 7.59. The minimum Gasteiger partial charge on any atom is -0.477 e. The van der Waals surface area contributed by atoms with Gasteiger partial charge in [0.05, 0.1) is 6.10 Å². The molecule has 100 valence electrons. The van der Waals surface area contributed by atoms with Gasteiger partial charge < -0.3 is 14.6 Å². The topological polar surface area (TPSA) is 72.8 Å². The highest BCUT2D eigenvalue weighted by Gasteiger charge is 2.52. The van der Waals surface area contributed by atoms with Crippen molar-refractivity contribution in [3.05, 3.63) is 0 Å². The van der Waals surface area contributed by atoms with Crippen molar-refractivity contribution < 1.29 is 33.0 Å². The average molecular weight is 254 g/mol. The number of ether oxygens (including phenoxy) is 2. The van der Waals surface area contributed by atoms with Crippen molar-refractivity contribution in [1.29, 1.82) is 0 Å². The van der Waals surface area contributed by atoms with Crippen molar-refractivity contribution in [2.45, 2.75) is 45.8 Å². The fourth-order valence-electron chi connectivity index (χ4n) is 1.07. The van der Waals surface area contributed by atoms with Crippen molar-refractivity contribution in [3.8, 4) is 0 Å². The smallest absolute Gasteiger partial charge is 0.477 e. The lowest BCUT2D eigenvalue weighted by atomic mass is 10.0. The van der Waals surface area contributed by atoms with Crippen LogP contribution in [0.15, 0.2) is 0 Å². The van der Waals surface area contributed by atoms with Gasteiger partial charge in [-0.15, -0.1) is 0 Å². The van der Waals surface area contributed by atoms with Crippen LogP contribution in [0.5, 0.6) is 0 Å². The number of carbonyl (C=O) groups excluding carboxylic acids is 1. The van der Waals surface area contributed by atoms with Gasteiger partial charge in [0.1, 0.15) is 0 Å². The van der Waals surface area contributed by atoms with Gasteiger partial charge in [-0.2, -0.15) is 8.78 Å². The average Bonchev–Trinajstić information content (AvgIpc) is 2.11. The van der Waals surface area contributed by atoms with Crippen LogP contribution in [0.3, 0.4) is 0 Å². The van der Waals surface area contributed by atoms with Crippen LogP contribution >= 0.6 is 0 Å². The van der Waals surface area contributed by atoms with Crippen LogP contribution in [-0.2, 0) is 14.3 Å². The third-order valence-corrected chi connectivity index (χ3v) is 1.80. The number of rotatable bonds is 5. The number of carbonyl (C=O) groups is 2. The minimum absolute atomic E-state index is 0.534. The summed E-state index contributed by atoms with van der Waals surface area (Å²) in [5, 5.41) is 8.37. The predicted octanol–water partition coefficient (Wildman–Crippen LogP) is 2.29. The number of hydrogen-bond donors (Lipinski definition) is 1. The molecule has 0 saturated heterocycles. The molecular weight excluding hydrogens is 238 g/mol. The summed E-state index contributed by atoms with van der Waals surface area (Å²) in [6.45, 7) is 5.68. The van der Waals surface area contributed by atoms with Crippen molar-refractivity contribution in [2.75, 3.05) is 0 Å². The molecule has 0 aliphatic rings. The molecule has 0 aromatic heterocycles. The Bertz CT molecular complexity index is 288. The molecule has 1 N–H and O–H groups in total. The van der Waals surface area contributed by atoms with E-state index in [1.807, 2.05) is 0 Å². The maximum absolute atomic E-state index is 13.2. The van der Waals surface area contributed by atoms with Gasteiger partial charge in [-0.3, -0.25) is 0 Å². The van der Waals surface area contributed by atoms with Crippen LogP contribution in [0.25, 0.3) is 0 Å². The zero-order valence-corrected chi connectivity index (χ0v) is 10.1. The summed E-state index contributed by atoms with van der Waals surface area (Å²) >= 11 is 0. The Morgan fingerprint density at radius 3 is 1.88 bits per heavy atom. The van der Waals surface area contributed by atoms with Gasteiger partial charge in [-0.05, 0) is 19.8 Å². The Hall–Kier alpha value is -1.40. The van der Waals surface area contributed by atoms with Crippen LogP contribution < -0.4 is 0 Å². The van der Waals surface area contributed by atoms with Crippen LogP contribution in [0.1, 0.15) is 27.7 Å². The summed E-state index contributed by atoms with van der Waals surface area (Å²) in [5.41, 5.74) is 0. The third kappa shape index (κ3) is 4.54. The first kappa shape index (κ1) is 15.6. The fourth-order valence-corrected chi connectivity index (χ4v) is 1.07. The van der Waals surface area contributed by atoms with Gasteiger partial charge in [0, 0.05) is 0 Å². The predicted molar refractivity (Wildman–Crippen MR) is 53.9 cm³/mol. The molecule has 0 aromatic rings. The second-order valence-electron chi connectivity index (χ2n) is 4.13. The summed E-state index contributed by atoms with van der Waals surface area (Å²) in [6, 6.07) is 0. The Morgan fingerprint density at radius 1 is 1.12 bits per heavy atom. The van der Waals surface area contributed by atoms with E-state index in [2.05, 4.69) is 9.47 Å². The molecular formula is C10H16F2O5. The van der Waals surface area contributed by atoms with Crippen LogP contribution in [0.4, 0.5) is 13.6 Å². The second-order valence-corrected chi connectivity index (χ2v) is 4.13. The summed E-state index contributed by atoms with van der Waals surface area (Å²) in [4.78, 5) is 21.5. The standard InChI is InChI=1S/C10H16F2O5/c1-5(2)7(10(11,12)8(13)14)17-9(15)16-6(3)4/h5-7H,1-4H3,(H,13,14). The summed E-state index contributed by atoms with van der Waals surface area (Å²) in [7, 11) is 0. The molecule has 0 radical (unpaired) electrons. The molecule has 0 fully saturated rings.